The van der Waals surface area contributed by atoms with Gasteiger partial charge in [0.25, 0.3) is 11.5 Å². The lowest BCUT2D eigenvalue weighted by atomic mass is 10.2. The van der Waals surface area contributed by atoms with Crippen LogP contribution < -0.4 is 10.9 Å². The van der Waals surface area contributed by atoms with Crippen molar-refractivity contribution in [2.24, 2.45) is 0 Å². The van der Waals surface area contributed by atoms with E-state index in [1.807, 2.05) is 26.0 Å². The largest absolute Gasteiger partial charge is 0.326 e. The van der Waals surface area contributed by atoms with Gasteiger partial charge in [0, 0.05) is 24.6 Å². The number of rotatable bonds is 3. The Kier molecular flexibility index (Phi) is 4.84. The van der Waals surface area contributed by atoms with E-state index in [0.29, 0.717) is 30.9 Å². The van der Waals surface area contributed by atoms with E-state index in [9.17, 15) is 14.4 Å². The molecular weight excluding hydrogens is 370 g/mol. The Balaban J connectivity index is 1.61. The predicted octanol–water partition coefficient (Wildman–Crippen LogP) is 1.95. The van der Waals surface area contributed by atoms with Gasteiger partial charge in [0.2, 0.25) is 5.91 Å². The van der Waals surface area contributed by atoms with Gasteiger partial charge in [0.05, 0.1) is 0 Å². The summed E-state index contributed by atoms with van der Waals surface area (Å²) in [7, 11) is 0. The van der Waals surface area contributed by atoms with Gasteiger partial charge < -0.3 is 10.2 Å². The summed E-state index contributed by atoms with van der Waals surface area (Å²) >= 11 is 0. The zero-order valence-electron chi connectivity index (χ0n) is 16.3. The van der Waals surface area contributed by atoms with Gasteiger partial charge in [-0.25, -0.2) is 9.97 Å². The highest BCUT2D eigenvalue weighted by Crippen LogP contribution is 2.21. The number of aromatic nitrogens is 3. The third kappa shape index (κ3) is 3.61. The smallest absolute Gasteiger partial charge is 0.270 e. The summed E-state index contributed by atoms with van der Waals surface area (Å²) in [6.07, 6.45) is 4.17. The first-order chi connectivity index (χ1) is 13.9. The van der Waals surface area contributed by atoms with E-state index < -0.39 is 17.5 Å². The topological polar surface area (TPSA) is 96.7 Å². The molecule has 0 aromatic carbocycles. The molecule has 2 amide bonds. The van der Waals surface area contributed by atoms with Crippen molar-refractivity contribution >= 4 is 23.3 Å². The van der Waals surface area contributed by atoms with Crippen molar-refractivity contribution in [2.45, 2.75) is 32.7 Å². The van der Waals surface area contributed by atoms with Crippen molar-refractivity contribution in [1.29, 1.82) is 0 Å². The second-order valence-corrected chi connectivity index (χ2v) is 7.22. The highest BCUT2D eigenvalue weighted by atomic mass is 16.2. The summed E-state index contributed by atoms with van der Waals surface area (Å²) in [6.45, 7) is 4.11. The fraction of sp³-hybridized carbons (Fsp3) is 0.286. The molecule has 29 heavy (non-hydrogen) atoms. The SMILES string of the molecule is Cc1ccc2ncc(C(=O)N3CCC[C@H]3C(=O)Nc3cccc(C)n3)c(=O)n2c1. The van der Waals surface area contributed by atoms with Gasteiger partial charge in [-0.15, -0.1) is 0 Å². The number of hydrogen-bond donors (Lipinski definition) is 1. The monoisotopic (exact) mass is 391 g/mol. The summed E-state index contributed by atoms with van der Waals surface area (Å²) in [5, 5.41) is 2.77. The standard InChI is InChI=1S/C21H21N5O3/c1-13-8-9-18-22-11-15(21(29)26(18)12-13)20(28)25-10-4-6-16(25)19(27)24-17-7-3-5-14(2)23-17/h3,5,7-9,11-12,16H,4,6,10H2,1-2H3,(H,23,24,27)/t16-/m0/s1. The van der Waals surface area contributed by atoms with Gasteiger partial charge in [-0.05, 0) is 50.5 Å². The van der Waals surface area contributed by atoms with E-state index in [1.165, 1.54) is 15.5 Å². The van der Waals surface area contributed by atoms with Crippen molar-refractivity contribution in [3.8, 4) is 0 Å². The number of anilines is 1. The average Bonchev–Trinajstić information content (AvgIpc) is 3.18. The van der Waals surface area contributed by atoms with Crippen LogP contribution in [0.4, 0.5) is 5.82 Å². The third-order valence-electron chi connectivity index (χ3n) is 5.04. The van der Waals surface area contributed by atoms with Crippen molar-refractivity contribution in [3.63, 3.8) is 0 Å². The molecule has 148 valence electrons. The molecule has 1 aliphatic rings. The molecule has 1 N–H and O–H groups in total. The lowest BCUT2D eigenvalue weighted by Crippen LogP contribution is -2.45. The fourth-order valence-electron chi connectivity index (χ4n) is 3.59. The molecule has 0 saturated carbocycles. The Hall–Kier alpha value is -3.55. The van der Waals surface area contributed by atoms with E-state index >= 15 is 0 Å². The maximum Gasteiger partial charge on any atom is 0.270 e. The van der Waals surface area contributed by atoms with Crippen molar-refractivity contribution in [1.82, 2.24) is 19.3 Å². The van der Waals surface area contributed by atoms with E-state index in [4.69, 9.17) is 0 Å². The van der Waals surface area contributed by atoms with Gasteiger partial charge in [-0.1, -0.05) is 12.1 Å². The van der Waals surface area contributed by atoms with Gasteiger partial charge in [0.1, 0.15) is 23.1 Å². The lowest BCUT2D eigenvalue weighted by Gasteiger charge is -2.23. The van der Waals surface area contributed by atoms with Gasteiger partial charge in [0.15, 0.2) is 0 Å². The Bertz CT molecular complexity index is 1170. The van der Waals surface area contributed by atoms with Crippen LogP contribution >= 0.6 is 0 Å². The molecule has 0 bridgehead atoms. The first kappa shape index (κ1) is 18.8. The van der Waals surface area contributed by atoms with Crippen molar-refractivity contribution < 1.29 is 9.59 Å². The Morgan fingerprint density at radius 1 is 1.17 bits per heavy atom. The molecule has 1 saturated heterocycles. The number of aryl methyl sites for hydroxylation is 2. The maximum atomic E-state index is 13.1. The third-order valence-corrected chi connectivity index (χ3v) is 5.04. The minimum absolute atomic E-state index is 0.0403. The second-order valence-electron chi connectivity index (χ2n) is 7.22. The number of pyridine rings is 2. The molecule has 0 radical (unpaired) electrons. The molecule has 8 nitrogen and oxygen atoms in total. The molecule has 3 aromatic rings. The number of fused-ring (bicyclic) bond motifs is 1. The Labute approximate surface area is 167 Å². The van der Waals surface area contributed by atoms with Crippen LogP contribution in [0.5, 0.6) is 0 Å². The Morgan fingerprint density at radius 2 is 2.00 bits per heavy atom. The average molecular weight is 391 g/mol. The molecule has 0 aliphatic carbocycles. The van der Waals surface area contributed by atoms with E-state index in [1.54, 1.807) is 24.4 Å². The molecule has 0 unspecified atom stereocenters. The van der Waals surface area contributed by atoms with Gasteiger partial charge >= 0.3 is 0 Å². The van der Waals surface area contributed by atoms with E-state index in [-0.39, 0.29) is 11.5 Å². The zero-order chi connectivity index (χ0) is 20.5. The van der Waals surface area contributed by atoms with Crippen LogP contribution in [0, 0.1) is 13.8 Å². The molecule has 4 heterocycles. The number of carbonyl (C=O) groups excluding carboxylic acids is 2. The maximum absolute atomic E-state index is 13.1. The molecule has 8 heteroatoms. The van der Waals surface area contributed by atoms with Crippen LogP contribution in [0.25, 0.3) is 5.65 Å². The summed E-state index contributed by atoms with van der Waals surface area (Å²) in [6, 6.07) is 8.27. The van der Waals surface area contributed by atoms with Crippen LogP contribution in [0.1, 0.15) is 34.5 Å². The lowest BCUT2D eigenvalue weighted by molar-refractivity contribution is -0.119. The van der Waals surface area contributed by atoms with Crippen LogP contribution in [0.3, 0.4) is 0 Å². The van der Waals surface area contributed by atoms with E-state index in [0.717, 1.165) is 11.3 Å². The van der Waals surface area contributed by atoms with Crippen molar-refractivity contribution in [3.05, 3.63) is 69.9 Å². The number of hydrogen-bond acceptors (Lipinski definition) is 5. The van der Waals surface area contributed by atoms with Crippen LogP contribution in [-0.4, -0.2) is 43.7 Å². The molecule has 1 aliphatic heterocycles. The van der Waals surface area contributed by atoms with Gasteiger partial charge in [-0.3, -0.25) is 18.8 Å². The van der Waals surface area contributed by atoms with E-state index in [2.05, 4.69) is 15.3 Å². The first-order valence-electron chi connectivity index (χ1n) is 9.47. The summed E-state index contributed by atoms with van der Waals surface area (Å²) in [5.74, 6) is -0.343. The summed E-state index contributed by atoms with van der Waals surface area (Å²) in [4.78, 5) is 48.7. The minimum atomic E-state index is -0.651. The number of amides is 2. The molecule has 4 rings (SSSR count). The number of likely N-dealkylation sites (tertiary alicyclic amines) is 1. The predicted molar refractivity (Wildman–Crippen MR) is 108 cm³/mol. The summed E-state index contributed by atoms with van der Waals surface area (Å²) < 4.78 is 1.37. The fourth-order valence-corrected chi connectivity index (χ4v) is 3.59. The number of nitrogens with zero attached hydrogens (tertiary/aromatic N) is 4. The quantitative estimate of drug-likeness (QED) is 0.736. The highest BCUT2D eigenvalue weighted by Gasteiger charge is 2.36. The van der Waals surface area contributed by atoms with Crippen LogP contribution in [0.2, 0.25) is 0 Å². The second kappa shape index (κ2) is 7.46. The molecule has 0 spiro atoms. The number of carbonyl (C=O) groups is 2. The Morgan fingerprint density at radius 3 is 2.79 bits per heavy atom. The molecular formula is C21H21N5O3. The number of nitrogens with one attached hydrogen (secondary N) is 1. The molecule has 3 aromatic heterocycles. The molecule has 1 fully saturated rings. The van der Waals surface area contributed by atoms with Crippen LogP contribution in [-0.2, 0) is 4.79 Å². The normalized spacial score (nSPS) is 16.2. The highest BCUT2D eigenvalue weighted by molar-refractivity contribution is 6.01. The molecule has 1 atom stereocenters. The zero-order valence-corrected chi connectivity index (χ0v) is 16.3. The summed E-state index contributed by atoms with van der Waals surface area (Å²) in [5.41, 5.74) is 1.66. The van der Waals surface area contributed by atoms with Crippen LogP contribution in [0.15, 0.2) is 47.5 Å². The van der Waals surface area contributed by atoms with Gasteiger partial charge in [-0.2, -0.15) is 0 Å². The van der Waals surface area contributed by atoms with Crippen molar-refractivity contribution in [2.75, 3.05) is 11.9 Å². The minimum Gasteiger partial charge on any atom is -0.326 e. The first-order valence-corrected chi connectivity index (χ1v) is 9.47.